The minimum Gasteiger partial charge on any atom is -0.206 e. The molecule has 0 nitrogen and oxygen atoms in total. The van der Waals surface area contributed by atoms with E-state index in [-0.39, 0.29) is 5.56 Å². The summed E-state index contributed by atoms with van der Waals surface area (Å²) < 4.78 is 30.1. The molecule has 30 heavy (non-hydrogen) atoms. The van der Waals surface area contributed by atoms with Crippen molar-refractivity contribution in [1.29, 1.82) is 0 Å². The van der Waals surface area contributed by atoms with Crippen LogP contribution < -0.4 is 0 Å². The summed E-state index contributed by atoms with van der Waals surface area (Å²) in [4.78, 5) is 0. The molecule has 0 spiro atoms. The van der Waals surface area contributed by atoms with Crippen molar-refractivity contribution in [1.82, 2.24) is 0 Å². The number of halogens is 2. The van der Waals surface area contributed by atoms with Crippen molar-refractivity contribution < 1.29 is 8.78 Å². The van der Waals surface area contributed by atoms with Gasteiger partial charge < -0.3 is 0 Å². The summed E-state index contributed by atoms with van der Waals surface area (Å²) in [5.41, 5.74) is 2.77. The number of aryl methyl sites for hydroxylation is 1. The average molecular weight is 409 g/mol. The van der Waals surface area contributed by atoms with E-state index >= 15 is 8.78 Å². The van der Waals surface area contributed by atoms with Gasteiger partial charge in [-0.3, -0.25) is 0 Å². The van der Waals surface area contributed by atoms with E-state index in [4.69, 9.17) is 0 Å². The van der Waals surface area contributed by atoms with Gasteiger partial charge in [-0.05, 0) is 104 Å². The minimum absolute atomic E-state index is 0.110. The summed E-state index contributed by atoms with van der Waals surface area (Å²) in [6, 6.07) is 10.9. The van der Waals surface area contributed by atoms with Crippen LogP contribution in [0.5, 0.6) is 0 Å². The molecule has 0 aromatic heterocycles. The summed E-state index contributed by atoms with van der Waals surface area (Å²) in [6.45, 7) is 4.38. The van der Waals surface area contributed by atoms with Crippen molar-refractivity contribution in [3.05, 3.63) is 71.3 Å². The van der Waals surface area contributed by atoms with E-state index < -0.39 is 11.6 Å². The number of allylic oxidation sites excluding steroid dienone is 2. The molecule has 0 heterocycles. The Morgan fingerprint density at radius 2 is 1.57 bits per heavy atom. The second-order valence-electron chi connectivity index (χ2n) is 9.61. The van der Waals surface area contributed by atoms with Crippen molar-refractivity contribution in [3.8, 4) is 11.1 Å². The Labute approximate surface area is 180 Å². The Morgan fingerprint density at radius 1 is 0.900 bits per heavy atom. The molecule has 2 aromatic carbocycles. The molecule has 160 valence electrons. The highest BCUT2D eigenvalue weighted by molar-refractivity contribution is 5.65. The third kappa shape index (κ3) is 4.68. The summed E-state index contributed by atoms with van der Waals surface area (Å²) in [7, 11) is 0. The van der Waals surface area contributed by atoms with Gasteiger partial charge in [0.2, 0.25) is 0 Å². The van der Waals surface area contributed by atoms with E-state index in [1.165, 1.54) is 31.2 Å². The molecule has 0 radical (unpaired) electrons. The fourth-order valence-corrected chi connectivity index (χ4v) is 5.79. The zero-order valence-electron chi connectivity index (χ0n) is 18.3. The Kier molecular flexibility index (Phi) is 6.71. The number of hydrogen-bond donors (Lipinski definition) is 0. The molecule has 0 bridgehead atoms. The lowest BCUT2D eigenvalue weighted by Crippen LogP contribution is -2.29. The first-order valence-electron chi connectivity index (χ1n) is 11.7. The van der Waals surface area contributed by atoms with Crippen LogP contribution in [0.2, 0.25) is 0 Å². The fraction of sp³-hybridized carbons (Fsp3) is 0.500. The van der Waals surface area contributed by atoms with Crippen molar-refractivity contribution in [2.45, 2.75) is 71.1 Å². The molecule has 2 saturated carbocycles. The minimum atomic E-state index is -0.425. The number of hydrogen-bond acceptors (Lipinski definition) is 0. The second kappa shape index (κ2) is 9.45. The van der Waals surface area contributed by atoms with Gasteiger partial charge in [0.05, 0.1) is 5.56 Å². The van der Waals surface area contributed by atoms with Gasteiger partial charge in [0.25, 0.3) is 0 Å². The van der Waals surface area contributed by atoms with Crippen molar-refractivity contribution >= 4 is 0 Å². The number of rotatable bonds is 5. The average Bonchev–Trinajstić information content (AvgIpc) is 2.74. The van der Waals surface area contributed by atoms with Gasteiger partial charge >= 0.3 is 0 Å². The molecular weight excluding hydrogens is 374 g/mol. The topological polar surface area (TPSA) is 0 Å². The van der Waals surface area contributed by atoms with E-state index in [9.17, 15) is 0 Å². The third-order valence-corrected chi connectivity index (χ3v) is 7.49. The predicted molar refractivity (Wildman–Crippen MR) is 122 cm³/mol. The maximum absolute atomic E-state index is 15.0. The summed E-state index contributed by atoms with van der Waals surface area (Å²) in [5.74, 6) is 1.85. The van der Waals surface area contributed by atoms with Crippen LogP contribution in [0.4, 0.5) is 8.78 Å². The molecule has 0 amide bonds. The molecule has 0 N–H and O–H groups in total. The SMILES string of the molecule is C/C=C/CCc1ccc(-c2c(F)cc(C3CCC4CC(C)CCC4C3)cc2F)cc1. The monoisotopic (exact) mass is 408 g/mol. The highest BCUT2D eigenvalue weighted by Gasteiger charge is 2.35. The molecule has 0 aliphatic heterocycles. The molecule has 4 rings (SSSR count). The van der Waals surface area contributed by atoms with E-state index in [1.807, 2.05) is 37.3 Å². The normalized spacial score (nSPS) is 26.7. The van der Waals surface area contributed by atoms with Crippen LogP contribution in [-0.4, -0.2) is 0 Å². The lowest BCUT2D eigenvalue weighted by Gasteiger charge is -2.41. The van der Waals surface area contributed by atoms with Crippen molar-refractivity contribution in [3.63, 3.8) is 0 Å². The van der Waals surface area contributed by atoms with Gasteiger partial charge in [-0.2, -0.15) is 0 Å². The molecule has 2 aliphatic carbocycles. The first-order chi connectivity index (χ1) is 14.5. The molecule has 2 aromatic rings. The zero-order valence-corrected chi connectivity index (χ0v) is 18.3. The van der Waals surface area contributed by atoms with Gasteiger partial charge in [0.15, 0.2) is 0 Å². The Morgan fingerprint density at radius 3 is 2.27 bits per heavy atom. The Bertz CT molecular complexity index is 857. The Balaban J connectivity index is 1.50. The quantitative estimate of drug-likeness (QED) is 0.435. The van der Waals surface area contributed by atoms with Crippen LogP contribution in [0.15, 0.2) is 48.6 Å². The first-order valence-corrected chi connectivity index (χ1v) is 11.7. The smallest absolute Gasteiger partial charge is 0.134 e. The lowest BCUT2D eigenvalue weighted by atomic mass is 9.64. The molecule has 4 atom stereocenters. The molecule has 2 heteroatoms. The first kappa shape index (κ1) is 21.3. The zero-order chi connectivity index (χ0) is 21.1. The largest absolute Gasteiger partial charge is 0.206 e. The number of benzene rings is 2. The van der Waals surface area contributed by atoms with Gasteiger partial charge in [-0.1, -0.05) is 49.8 Å². The maximum atomic E-state index is 15.0. The molecule has 2 fully saturated rings. The van der Waals surface area contributed by atoms with Crippen LogP contribution in [0.1, 0.15) is 75.8 Å². The standard InChI is InChI=1S/C28H34F2/c1-3-4-5-6-20-8-11-21(12-9-20)28-26(29)17-25(18-27(28)30)24-14-13-22-15-19(2)7-10-23(22)16-24/h3-4,8-9,11-12,17-19,22-24H,5-7,10,13-16H2,1-2H3/b4-3+. The molecular formula is C28H34F2. The third-order valence-electron chi connectivity index (χ3n) is 7.49. The fourth-order valence-electron chi connectivity index (χ4n) is 5.79. The molecule has 2 aliphatic rings. The predicted octanol–water partition coefficient (Wildman–Crippen LogP) is 8.46. The van der Waals surface area contributed by atoms with Crippen LogP contribution in [0.25, 0.3) is 11.1 Å². The van der Waals surface area contributed by atoms with Gasteiger partial charge in [0, 0.05) is 0 Å². The maximum Gasteiger partial charge on any atom is 0.134 e. The van der Waals surface area contributed by atoms with Crippen LogP contribution in [-0.2, 0) is 6.42 Å². The summed E-state index contributed by atoms with van der Waals surface area (Å²) in [6.07, 6.45) is 13.4. The lowest BCUT2D eigenvalue weighted by molar-refractivity contribution is 0.124. The van der Waals surface area contributed by atoms with Crippen LogP contribution in [0.3, 0.4) is 0 Å². The molecule has 0 saturated heterocycles. The van der Waals surface area contributed by atoms with Gasteiger partial charge in [-0.25, -0.2) is 8.78 Å². The van der Waals surface area contributed by atoms with Crippen LogP contribution in [0, 0.1) is 29.4 Å². The molecule has 4 unspecified atom stereocenters. The van der Waals surface area contributed by atoms with Crippen molar-refractivity contribution in [2.24, 2.45) is 17.8 Å². The van der Waals surface area contributed by atoms with E-state index in [2.05, 4.69) is 13.0 Å². The summed E-state index contributed by atoms with van der Waals surface area (Å²) >= 11 is 0. The van der Waals surface area contributed by atoms with Crippen LogP contribution >= 0.6 is 0 Å². The van der Waals surface area contributed by atoms with E-state index in [1.54, 1.807) is 12.1 Å². The van der Waals surface area contributed by atoms with E-state index in [0.29, 0.717) is 11.5 Å². The highest BCUT2D eigenvalue weighted by Crippen LogP contribution is 2.48. The summed E-state index contributed by atoms with van der Waals surface area (Å²) in [5, 5.41) is 0. The number of fused-ring (bicyclic) bond motifs is 1. The Hall–Kier alpha value is -1.96. The van der Waals surface area contributed by atoms with E-state index in [0.717, 1.165) is 49.0 Å². The highest BCUT2D eigenvalue weighted by atomic mass is 19.1. The van der Waals surface area contributed by atoms with Crippen molar-refractivity contribution in [2.75, 3.05) is 0 Å². The second-order valence-corrected chi connectivity index (χ2v) is 9.61. The van der Waals surface area contributed by atoms with Gasteiger partial charge in [-0.15, -0.1) is 0 Å². The van der Waals surface area contributed by atoms with Gasteiger partial charge in [0.1, 0.15) is 11.6 Å².